The highest BCUT2D eigenvalue weighted by molar-refractivity contribution is 7.10. The number of Topliss-reactive ketones (excluding diaryl/α,β-unsaturated/α-hetero) is 1. The first-order chi connectivity index (χ1) is 9.73. The monoisotopic (exact) mass is 287 g/mol. The van der Waals surface area contributed by atoms with E-state index in [0.29, 0.717) is 6.42 Å². The Hall–Kier alpha value is -1.52. The van der Waals surface area contributed by atoms with Crippen molar-refractivity contribution in [1.82, 2.24) is 4.98 Å². The number of ketones is 1. The van der Waals surface area contributed by atoms with Crippen LogP contribution < -0.4 is 0 Å². The number of hydrogen-bond donors (Lipinski definition) is 0. The molecule has 1 heterocycles. The van der Waals surface area contributed by atoms with Crippen LogP contribution in [-0.4, -0.2) is 23.5 Å². The van der Waals surface area contributed by atoms with Crippen LogP contribution in [0.5, 0.6) is 0 Å². The molecule has 0 radical (unpaired) electrons. The van der Waals surface area contributed by atoms with E-state index in [0.717, 1.165) is 35.5 Å². The number of ether oxygens (including phenoxy) is 1. The lowest BCUT2D eigenvalue weighted by Crippen LogP contribution is -2.47. The van der Waals surface area contributed by atoms with Crippen LogP contribution in [0.25, 0.3) is 11.3 Å². The summed E-state index contributed by atoms with van der Waals surface area (Å²) in [6.45, 7) is 0. The molecule has 4 heteroatoms. The van der Waals surface area contributed by atoms with Gasteiger partial charge in [0.15, 0.2) is 5.78 Å². The van der Waals surface area contributed by atoms with Crippen LogP contribution in [0.15, 0.2) is 35.7 Å². The SMILES string of the molecule is COC1(C(=O)Cc2nc(-c3ccccc3)cs2)CCC1. The first kappa shape index (κ1) is 13.5. The van der Waals surface area contributed by atoms with Crippen molar-refractivity contribution in [3.63, 3.8) is 0 Å². The Kier molecular flexibility index (Phi) is 3.68. The summed E-state index contributed by atoms with van der Waals surface area (Å²) in [6, 6.07) is 10.0. The number of nitrogens with zero attached hydrogens (tertiary/aromatic N) is 1. The maximum atomic E-state index is 12.3. The third kappa shape index (κ3) is 2.41. The van der Waals surface area contributed by atoms with Gasteiger partial charge in [-0.05, 0) is 19.3 Å². The quantitative estimate of drug-likeness (QED) is 0.845. The Balaban J connectivity index is 1.73. The molecule has 0 atom stereocenters. The van der Waals surface area contributed by atoms with Gasteiger partial charge in [0.05, 0.1) is 12.1 Å². The van der Waals surface area contributed by atoms with Gasteiger partial charge < -0.3 is 4.74 Å². The van der Waals surface area contributed by atoms with Gasteiger partial charge in [-0.2, -0.15) is 0 Å². The molecule has 20 heavy (non-hydrogen) atoms. The molecule has 2 aromatic rings. The number of methoxy groups -OCH3 is 1. The number of thiazole rings is 1. The van der Waals surface area contributed by atoms with Crippen LogP contribution >= 0.6 is 11.3 Å². The molecule has 1 fully saturated rings. The number of benzene rings is 1. The fourth-order valence-corrected chi connectivity index (χ4v) is 3.33. The molecule has 0 saturated heterocycles. The van der Waals surface area contributed by atoms with Crippen LogP contribution in [0.2, 0.25) is 0 Å². The van der Waals surface area contributed by atoms with Crippen molar-refractivity contribution in [3.05, 3.63) is 40.7 Å². The van der Waals surface area contributed by atoms with E-state index in [-0.39, 0.29) is 5.78 Å². The molecule has 0 unspecified atom stereocenters. The van der Waals surface area contributed by atoms with Gasteiger partial charge in [0, 0.05) is 18.1 Å². The molecular weight excluding hydrogens is 270 g/mol. The van der Waals surface area contributed by atoms with Crippen molar-refractivity contribution in [3.8, 4) is 11.3 Å². The van der Waals surface area contributed by atoms with Gasteiger partial charge in [0.25, 0.3) is 0 Å². The summed E-state index contributed by atoms with van der Waals surface area (Å²) < 4.78 is 5.43. The van der Waals surface area contributed by atoms with Crippen molar-refractivity contribution >= 4 is 17.1 Å². The van der Waals surface area contributed by atoms with Gasteiger partial charge in [0.1, 0.15) is 10.6 Å². The number of aromatic nitrogens is 1. The highest BCUT2D eigenvalue weighted by Crippen LogP contribution is 2.37. The third-order valence-corrected chi connectivity index (χ3v) is 4.84. The highest BCUT2D eigenvalue weighted by Gasteiger charge is 2.43. The lowest BCUT2D eigenvalue weighted by atomic mass is 9.76. The Morgan fingerprint density at radius 2 is 2.10 bits per heavy atom. The van der Waals surface area contributed by atoms with Gasteiger partial charge in [-0.15, -0.1) is 11.3 Å². The minimum absolute atomic E-state index is 0.167. The second-order valence-electron chi connectivity index (χ2n) is 5.14. The Bertz CT molecular complexity index is 596. The maximum absolute atomic E-state index is 12.3. The minimum Gasteiger partial charge on any atom is -0.370 e. The average Bonchev–Trinajstić information content (AvgIpc) is 2.88. The topological polar surface area (TPSA) is 39.2 Å². The average molecular weight is 287 g/mol. The Morgan fingerprint density at radius 3 is 2.70 bits per heavy atom. The predicted octanol–water partition coefficient (Wildman–Crippen LogP) is 3.49. The molecule has 0 amide bonds. The van der Waals surface area contributed by atoms with E-state index in [1.807, 2.05) is 35.7 Å². The van der Waals surface area contributed by atoms with Crippen LogP contribution in [0.3, 0.4) is 0 Å². The van der Waals surface area contributed by atoms with E-state index in [9.17, 15) is 4.79 Å². The summed E-state index contributed by atoms with van der Waals surface area (Å²) in [4.78, 5) is 16.9. The highest BCUT2D eigenvalue weighted by atomic mass is 32.1. The lowest BCUT2D eigenvalue weighted by Gasteiger charge is -2.38. The molecule has 1 aromatic heterocycles. The fourth-order valence-electron chi connectivity index (χ4n) is 2.53. The van der Waals surface area contributed by atoms with Crippen molar-refractivity contribution in [2.75, 3.05) is 7.11 Å². The molecule has 104 valence electrons. The summed E-state index contributed by atoms with van der Waals surface area (Å²) in [6.07, 6.45) is 3.15. The standard InChI is InChI=1S/C16H17NO2S/c1-19-16(8-5-9-16)14(18)10-15-17-13(11-20-15)12-6-3-2-4-7-12/h2-4,6-7,11H,5,8-10H2,1H3. The molecule has 0 bridgehead atoms. The van der Waals surface area contributed by atoms with E-state index >= 15 is 0 Å². The first-order valence-electron chi connectivity index (χ1n) is 6.82. The van der Waals surface area contributed by atoms with Crippen LogP contribution in [-0.2, 0) is 16.0 Å². The Morgan fingerprint density at radius 1 is 1.35 bits per heavy atom. The zero-order valence-corrected chi connectivity index (χ0v) is 12.3. The zero-order valence-electron chi connectivity index (χ0n) is 11.5. The summed E-state index contributed by atoms with van der Waals surface area (Å²) in [5, 5.41) is 2.88. The molecule has 0 spiro atoms. The minimum atomic E-state index is -0.529. The van der Waals surface area contributed by atoms with E-state index in [4.69, 9.17) is 4.74 Å². The second-order valence-corrected chi connectivity index (χ2v) is 6.09. The number of rotatable bonds is 5. The van der Waals surface area contributed by atoms with E-state index in [1.165, 1.54) is 0 Å². The van der Waals surface area contributed by atoms with Crippen LogP contribution in [0, 0.1) is 0 Å². The molecule has 1 aliphatic rings. The molecule has 0 aliphatic heterocycles. The third-order valence-electron chi connectivity index (χ3n) is 3.99. The zero-order chi connectivity index (χ0) is 14.0. The summed E-state index contributed by atoms with van der Waals surface area (Å²) >= 11 is 1.55. The normalized spacial score (nSPS) is 16.6. The van der Waals surface area contributed by atoms with Gasteiger partial charge in [-0.1, -0.05) is 30.3 Å². The largest absolute Gasteiger partial charge is 0.370 e. The summed E-state index contributed by atoms with van der Waals surface area (Å²) in [7, 11) is 1.63. The molecule has 3 rings (SSSR count). The van der Waals surface area contributed by atoms with E-state index in [2.05, 4.69) is 4.98 Å². The van der Waals surface area contributed by atoms with Gasteiger partial charge in [-0.3, -0.25) is 4.79 Å². The molecular formula is C16H17NO2S. The Labute approximate surface area is 122 Å². The summed E-state index contributed by atoms with van der Waals surface area (Å²) in [5.41, 5.74) is 1.50. The van der Waals surface area contributed by atoms with Crippen LogP contribution in [0.1, 0.15) is 24.3 Å². The maximum Gasteiger partial charge on any atom is 0.171 e. The van der Waals surface area contributed by atoms with Gasteiger partial charge >= 0.3 is 0 Å². The smallest absolute Gasteiger partial charge is 0.171 e. The number of carbonyl (C=O) groups excluding carboxylic acids is 1. The molecule has 1 saturated carbocycles. The summed E-state index contributed by atoms with van der Waals surface area (Å²) in [5.74, 6) is 0.167. The molecule has 1 aromatic carbocycles. The van der Waals surface area contributed by atoms with E-state index in [1.54, 1.807) is 18.4 Å². The van der Waals surface area contributed by atoms with E-state index < -0.39 is 5.60 Å². The van der Waals surface area contributed by atoms with Gasteiger partial charge in [-0.25, -0.2) is 4.98 Å². The van der Waals surface area contributed by atoms with Crippen molar-refractivity contribution in [1.29, 1.82) is 0 Å². The van der Waals surface area contributed by atoms with Gasteiger partial charge in [0.2, 0.25) is 0 Å². The predicted molar refractivity (Wildman–Crippen MR) is 79.9 cm³/mol. The molecule has 3 nitrogen and oxygen atoms in total. The fraction of sp³-hybridized carbons (Fsp3) is 0.375. The number of hydrogen-bond acceptors (Lipinski definition) is 4. The lowest BCUT2D eigenvalue weighted by molar-refractivity contribution is -0.151. The second kappa shape index (κ2) is 5.46. The van der Waals surface area contributed by atoms with Crippen molar-refractivity contribution < 1.29 is 9.53 Å². The first-order valence-corrected chi connectivity index (χ1v) is 7.70. The molecule has 1 aliphatic carbocycles. The number of carbonyl (C=O) groups is 1. The van der Waals surface area contributed by atoms with Crippen molar-refractivity contribution in [2.45, 2.75) is 31.3 Å². The van der Waals surface area contributed by atoms with Crippen LogP contribution in [0.4, 0.5) is 0 Å². The molecule has 0 N–H and O–H groups in total. The van der Waals surface area contributed by atoms with Crippen molar-refractivity contribution in [2.24, 2.45) is 0 Å².